The van der Waals surface area contributed by atoms with Gasteiger partial charge in [0.05, 0.1) is 19.9 Å². The number of rotatable bonds is 8. The van der Waals surface area contributed by atoms with Gasteiger partial charge in [0.2, 0.25) is 0 Å². The number of aromatic nitrogens is 1. The fraction of sp³-hybridized carbons (Fsp3) is 0.286. The number of hydrogen-bond acceptors (Lipinski definition) is 6. The van der Waals surface area contributed by atoms with E-state index in [0.29, 0.717) is 11.5 Å². The van der Waals surface area contributed by atoms with Gasteiger partial charge in [-0.05, 0) is 56.3 Å². The Morgan fingerprint density at radius 2 is 1.67 bits per heavy atom. The highest BCUT2D eigenvalue weighted by Crippen LogP contribution is 2.34. The molecule has 0 unspecified atom stereocenters. The van der Waals surface area contributed by atoms with Crippen molar-refractivity contribution in [3.63, 3.8) is 0 Å². The van der Waals surface area contributed by atoms with E-state index in [-0.39, 0.29) is 0 Å². The second kappa shape index (κ2) is 8.77. The Bertz CT molecular complexity index is 873. The molecule has 0 radical (unpaired) electrons. The van der Waals surface area contributed by atoms with E-state index in [9.17, 15) is 0 Å². The molecule has 0 amide bonds. The molecule has 0 fully saturated rings. The summed E-state index contributed by atoms with van der Waals surface area (Å²) in [5.74, 6) is 1.41. The highest BCUT2D eigenvalue weighted by molar-refractivity contribution is 7.14. The summed E-state index contributed by atoms with van der Waals surface area (Å²) in [4.78, 5) is 7.02. The van der Waals surface area contributed by atoms with Crippen molar-refractivity contribution in [1.82, 2.24) is 4.98 Å². The van der Waals surface area contributed by atoms with Crippen molar-refractivity contribution in [1.29, 1.82) is 0 Å². The lowest BCUT2D eigenvalue weighted by Gasteiger charge is -2.21. The molecule has 0 spiro atoms. The predicted octanol–water partition coefficient (Wildman–Crippen LogP) is 5.42. The van der Waals surface area contributed by atoms with Gasteiger partial charge in [-0.25, -0.2) is 4.98 Å². The van der Waals surface area contributed by atoms with Crippen LogP contribution >= 0.6 is 11.3 Å². The maximum atomic E-state index is 5.38. The summed E-state index contributed by atoms with van der Waals surface area (Å²) in [7, 11) is 3.27. The molecule has 2 aromatic carbocycles. The molecular weight excluding hydrogens is 358 g/mol. The molecule has 3 rings (SSSR count). The molecule has 27 heavy (non-hydrogen) atoms. The summed E-state index contributed by atoms with van der Waals surface area (Å²) in [6, 6.07) is 14.3. The van der Waals surface area contributed by atoms with Crippen molar-refractivity contribution < 1.29 is 9.47 Å². The van der Waals surface area contributed by atoms with Gasteiger partial charge >= 0.3 is 0 Å². The van der Waals surface area contributed by atoms with Crippen molar-refractivity contribution in [3.8, 4) is 22.8 Å². The zero-order valence-corrected chi connectivity index (χ0v) is 17.0. The van der Waals surface area contributed by atoms with Crippen molar-refractivity contribution >= 4 is 27.8 Å². The molecule has 1 heterocycles. The number of ether oxygens (including phenoxy) is 2. The Morgan fingerprint density at radius 3 is 2.30 bits per heavy atom. The van der Waals surface area contributed by atoms with E-state index >= 15 is 0 Å². The standard InChI is InChI=1S/C21H25N3O2S/c1-5-24(6-2)17-10-8-16(9-11-17)22-21-23-18(14-27-21)15-7-12-19(25-3)20(13-15)26-4/h7-14H,5-6H2,1-4H3,(H,22,23). The molecule has 142 valence electrons. The topological polar surface area (TPSA) is 46.6 Å². The van der Waals surface area contributed by atoms with E-state index in [1.54, 1.807) is 25.6 Å². The van der Waals surface area contributed by atoms with Gasteiger partial charge in [0, 0.05) is 35.4 Å². The molecule has 5 nitrogen and oxygen atoms in total. The zero-order valence-electron chi connectivity index (χ0n) is 16.2. The largest absolute Gasteiger partial charge is 0.493 e. The third kappa shape index (κ3) is 4.34. The summed E-state index contributed by atoms with van der Waals surface area (Å²) in [6.07, 6.45) is 0. The van der Waals surface area contributed by atoms with Gasteiger partial charge < -0.3 is 19.7 Å². The molecule has 0 saturated heterocycles. The molecule has 0 aliphatic rings. The molecular formula is C21H25N3O2S. The van der Waals surface area contributed by atoms with Crippen LogP contribution in [0, 0.1) is 0 Å². The molecule has 6 heteroatoms. The number of hydrogen-bond donors (Lipinski definition) is 1. The average Bonchev–Trinajstić information content (AvgIpc) is 3.18. The minimum Gasteiger partial charge on any atom is -0.493 e. The van der Waals surface area contributed by atoms with Crippen LogP contribution in [0.4, 0.5) is 16.5 Å². The van der Waals surface area contributed by atoms with E-state index in [2.05, 4.69) is 48.3 Å². The summed E-state index contributed by atoms with van der Waals surface area (Å²) in [5, 5.41) is 6.27. The summed E-state index contributed by atoms with van der Waals surface area (Å²) in [6.45, 7) is 6.34. The summed E-state index contributed by atoms with van der Waals surface area (Å²) < 4.78 is 10.7. The zero-order chi connectivity index (χ0) is 19.2. The number of anilines is 3. The number of benzene rings is 2. The molecule has 0 atom stereocenters. The number of nitrogens with one attached hydrogen (secondary N) is 1. The first-order valence-electron chi connectivity index (χ1n) is 8.98. The third-order valence-electron chi connectivity index (χ3n) is 4.43. The minimum atomic E-state index is 0.699. The van der Waals surface area contributed by atoms with E-state index in [1.807, 2.05) is 23.6 Å². The molecule has 0 saturated carbocycles. The van der Waals surface area contributed by atoms with E-state index in [0.717, 1.165) is 35.2 Å². The Hall–Kier alpha value is -2.73. The Morgan fingerprint density at radius 1 is 0.963 bits per heavy atom. The van der Waals surface area contributed by atoms with Gasteiger partial charge in [0.15, 0.2) is 16.6 Å². The summed E-state index contributed by atoms with van der Waals surface area (Å²) >= 11 is 1.58. The highest BCUT2D eigenvalue weighted by Gasteiger charge is 2.10. The fourth-order valence-corrected chi connectivity index (χ4v) is 3.67. The minimum absolute atomic E-state index is 0.699. The normalized spacial score (nSPS) is 10.5. The maximum Gasteiger partial charge on any atom is 0.187 e. The van der Waals surface area contributed by atoms with Gasteiger partial charge in [0.25, 0.3) is 0 Å². The average molecular weight is 384 g/mol. The lowest BCUT2D eigenvalue weighted by Crippen LogP contribution is -2.21. The molecule has 1 aromatic heterocycles. The lowest BCUT2D eigenvalue weighted by atomic mass is 10.1. The Labute approximate surface area is 164 Å². The first-order chi connectivity index (χ1) is 13.2. The van der Waals surface area contributed by atoms with Gasteiger partial charge in [-0.2, -0.15) is 0 Å². The SMILES string of the molecule is CCN(CC)c1ccc(Nc2nc(-c3ccc(OC)c(OC)c3)cs2)cc1. The Balaban J connectivity index is 1.74. The second-order valence-corrected chi connectivity index (χ2v) is 6.81. The van der Waals surface area contributed by atoms with Crippen molar-refractivity contribution in [2.45, 2.75) is 13.8 Å². The van der Waals surface area contributed by atoms with Crippen LogP contribution in [0.3, 0.4) is 0 Å². The molecule has 1 N–H and O–H groups in total. The van der Waals surface area contributed by atoms with Gasteiger partial charge in [-0.1, -0.05) is 0 Å². The smallest absolute Gasteiger partial charge is 0.187 e. The van der Waals surface area contributed by atoms with Crippen LogP contribution in [0.5, 0.6) is 11.5 Å². The van der Waals surface area contributed by atoms with Crippen molar-refractivity contribution in [3.05, 3.63) is 47.8 Å². The van der Waals surface area contributed by atoms with Crippen molar-refractivity contribution in [2.24, 2.45) is 0 Å². The fourth-order valence-electron chi connectivity index (χ4n) is 2.93. The summed E-state index contributed by atoms with van der Waals surface area (Å²) in [5.41, 5.74) is 4.16. The maximum absolute atomic E-state index is 5.38. The number of nitrogens with zero attached hydrogens (tertiary/aromatic N) is 2. The highest BCUT2D eigenvalue weighted by atomic mass is 32.1. The molecule has 3 aromatic rings. The quantitative estimate of drug-likeness (QED) is 0.563. The van der Waals surface area contributed by atoms with Gasteiger partial charge in [-0.15, -0.1) is 11.3 Å². The molecule has 0 aliphatic carbocycles. The predicted molar refractivity (Wildman–Crippen MR) is 114 cm³/mol. The Kier molecular flexibility index (Phi) is 6.19. The van der Waals surface area contributed by atoms with Crippen LogP contribution in [0.2, 0.25) is 0 Å². The lowest BCUT2D eigenvalue weighted by molar-refractivity contribution is 0.355. The van der Waals surface area contributed by atoms with E-state index < -0.39 is 0 Å². The monoisotopic (exact) mass is 383 g/mol. The van der Waals surface area contributed by atoms with Crippen LogP contribution in [0.15, 0.2) is 47.8 Å². The number of thiazole rings is 1. The first kappa shape index (κ1) is 19.0. The van der Waals surface area contributed by atoms with Crippen molar-refractivity contribution in [2.75, 3.05) is 37.5 Å². The van der Waals surface area contributed by atoms with Crippen LogP contribution in [0.25, 0.3) is 11.3 Å². The number of methoxy groups -OCH3 is 2. The van der Waals surface area contributed by atoms with E-state index in [1.165, 1.54) is 5.69 Å². The van der Waals surface area contributed by atoms with Crippen LogP contribution in [0.1, 0.15) is 13.8 Å². The van der Waals surface area contributed by atoms with Gasteiger partial charge in [0.1, 0.15) is 0 Å². The van der Waals surface area contributed by atoms with Crippen LogP contribution in [-0.4, -0.2) is 32.3 Å². The molecule has 0 aliphatic heterocycles. The first-order valence-corrected chi connectivity index (χ1v) is 9.86. The van der Waals surface area contributed by atoms with Crippen LogP contribution < -0.4 is 19.7 Å². The van der Waals surface area contributed by atoms with Gasteiger partial charge in [-0.3, -0.25) is 0 Å². The second-order valence-electron chi connectivity index (χ2n) is 5.95. The van der Waals surface area contributed by atoms with Crippen LogP contribution in [-0.2, 0) is 0 Å². The molecule has 0 bridgehead atoms. The van der Waals surface area contributed by atoms with E-state index in [4.69, 9.17) is 14.5 Å². The third-order valence-corrected chi connectivity index (χ3v) is 5.19.